The van der Waals surface area contributed by atoms with E-state index in [2.05, 4.69) is 5.32 Å². The summed E-state index contributed by atoms with van der Waals surface area (Å²) in [5.74, 6) is -1.58. The highest BCUT2D eigenvalue weighted by Gasteiger charge is 2.41. The van der Waals surface area contributed by atoms with Crippen molar-refractivity contribution < 1.29 is 38.1 Å². The number of benzene rings is 4. The molecule has 1 fully saturated rings. The molecule has 1 amide bonds. The largest absolute Gasteiger partial charge is 0.485 e. The Morgan fingerprint density at radius 2 is 1.24 bits per heavy atom. The third kappa shape index (κ3) is 8.32. The minimum atomic E-state index is -0.877. The van der Waals surface area contributed by atoms with E-state index >= 15 is 0 Å². The van der Waals surface area contributed by atoms with Gasteiger partial charge in [0.1, 0.15) is 31.8 Å². The highest BCUT2D eigenvalue weighted by Crippen LogP contribution is 2.41. The zero-order valence-electron chi connectivity index (χ0n) is 25.6. The number of hydrogen-bond acceptors (Lipinski definition) is 8. The normalized spacial score (nSPS) is 15.2. The van der Waals surface area contributed by atoms with E-state index in [9.17, 15) is 14.4 Å². The molecule has 1 aliphatic heterocycles. The van der Waals surface area contributed by atoms with E-state index in [0.717, 1.165) is 16.7 Å². The van der Waals surface area contributed by atoms with E-state index < -0.39 is 24.0 Å². The van der Waals surface area contributed by atoms with Crippen LogP contribution in [0.1, 0.15) is 40.9 Å². The smallest absolute Gasteiger partial charge is 0.338 e. The van der Waals surface area contributed by atoms with Crippen molar-refractivity contribution in [1.29, 1.82) is 0 Å². The van der Waals surface area contributed by atoms with Gasteiger partial charge in [0, 0.05) is 11.8 Å². The Morgan fingerprint density at radius 1 is 0.761 bits per heavy atom. The molecule has 5 rings (SSSR count). The van der Waals surface area contributed by atoms with Crippen LogP contribution in [0.2, 0.25) is 0 Å². The fraction of sp³-hybridized carbons (Fsp3) is 0.216. The minimum absolute atomic E-state index is 0.140. The molecule has 0 aromatic heterocycles. The molecule has 236 valence electrons. The molecule has 0 saturated carbocycles. The second-order valence-corrected chi connectivity index (χ2v) is 10.6. The number of nitrogens with one attached hydrogen (secondary N) is 1. The van der Waals surface area contributed by atoms with Gasteiger partial charge in [-0.15, -0.1) is 0 Å². The van der Waals surface area contributed by atoms with Crippen molar-refractivity contribution in [3.63, 3.8) is 0 Å². The maximum Gasteiger partial charge on any atom is 0.338 e. The van der Waals surface area contributed by atoms with Crippen LogP contribution in [-0.4, -0.2) is 30.6 Å². The summed E-state index contributed by atoms with van der Waals surface area (Å²) in [5, 5.41) is 2.57. The Hall–Kier alpha value is -5.57. The molecule has 9 nitrogen and oxygen atoms in total. The molecular formula is C37H35NO8. The molecule has 46 heavy (non-hydrogen) atoms. The van der Waals surface area contributed by atoms with Gasteiger partial charge in [0.25, 0.3) is 0 Å². The Labute approximate surface area is 267 Å². The first-order valence-electron chi connectivity index (χ1n) is 15.0. The summed E-state index contributed by atoms with van der Waals surface area (Å²) in [4.78, 5) is 37.9. The number of carbonyl (C=O) groups is 3. The predicted octanol–water partition coefficient (Wildman–Crippen LogP) is 6.16. The third-order valence-electron chi connectivity index (χ3n) is 7.16. The molecular weight excluding hydrogens is 586 g/mol. The molecule has 2 atom stereocenters. The van der Waals surface area contributed by atoms with E-state index in [1.807, 2.05) is 91.0 Å². The average molecular weight is 622 g/mol. The summed E-state index contributed by atoms with van der Waals surface area (Å²) in [6.07, 6.45) is 0.322. The zero-order chi connectivity index (χ0) is 32.3. The molecule has 1 saturated heterocycles. The van der Waals surface area contributed by atoms with E-state index in [1.165, 1.54) is 6.08 Å². The quantitative estimate of drug-likeness (QED) is 0.101. The fourth-order valence-corrected chi connectivity index (χ4v) is 4.82. The molecule has 9 heteroatoms. The lowest BCUT2D eigenvalue weighted by atomic mass is 9.90. The highest BCUT2D eigenvalue weighted by molar-refractivity contribution is 5.96. The minimum Gasteiger partial charge on any atom is -0.485 e. The van der Waals surface area contributed by atoms with Gasteiger partial charge in [0.2, 0.25) is 11.7 Å². The first kappa shape index (κ1) is 31.8. The lowest BCUT2D eigenvalue weighted by Crippen LogP contribution is -2.52. The summed E-state index contributed by atoms with van der Waals surface area (Å²) >= 11 is 0. The second kappa shape index (κ2) is 15.4. The Kier molecular flexibility index (Phi) is 10.7. The van der Waals surface area contributed by atoms with Crippen molar-refractivity contribution in [1.82, 2.24) is 5.32 Å². The number of amides is 1. The van der Waals surface area contributed by atoms with Crippen molar-refractivity contribution in [3.05, 3.63) is 137 Å². The number of ether oxygens (including phenoxy) is 5. The molecule has 0 unspecified atom stereocenters. The lowest BCUT2D eigenvalue weighted by molar-refractivity contribution is -0.137. The van der Waals surface area contributed by atoms with Crippen LogP contribution in [0.4, 0.5) is 0 Å². The molecule has 1 aliphatic rings. The van der Waals surface area contributed by atoms with Crippen LogP contribution in [0.15, 0.2) is 115 Å². The van der Waals surface area contributed by atoms with Crippen molar-refractivity contribution in [2.24, 2.45) is 5.92 Å². The number of carbonyl (C=O) groups excluding carboxylic acids is 3. The third-order valence-corrected chi connectivity index (χ3v) is 7.16. The Balaban J connectivity index is 1.45. The molecule has 0 radical (unpaired) electrons. The summed E-state index contributed by atoms with van der Waals surface area (Å²) in [6, 6.07) is 32.0. The van der Waals surface area contributed by atoms with Gasteiger partial charge >= 0.3 is 11.9 Å². The monoisotopic (exact) mass is 621 g/mol. The van der Waals surface area contributed by atoms with Gasteiger partial charge in [-0.3, -0.25) is 4.79 Å². The SMILES string of the molecule is CCOC(=O)/C=C1\NC(=O)[C@@H]1[C@@H](C)OC(=O)c1cc(OCc2ccccc2)c(OCc2ccccc2)c(OCc2ccccc2)c1. The Bertz CT molecular complexity index is 1610. The van der Waals surface area contributed by atoms with Gasteiger partial charge in [-0.25, -0.2) is 9.59 Å². The van der Waals surface area contributed by atoms with Crippen LogP contribution >= 0.6 is 0 Å². The molecule has 0 bridgehead atoms. The molecule has 4 aromatic carbocycles. The number of esters is 2. The lowest BCUT2D eigenvalue weighted by Gasteiger charge is -2.33. The van der Waals surface area contributed by atoms with E-state index in [4.69, 9.17) is 23.7 Å². The molecule has 1 N–H and O–H groups in total. The van der Waals surface area contributed by atoms with Gasteiger partial charge in [0.15, 0.2) is 11.5 Å². The summed E-state index contributed by atoms with van der Waals surface area (Å²) in [5.41, 5.74) is 3.24. The van der Waals surface area contributed by atoms with E-state index in [0.29, 0.717) is 11.4 Å². The molecule has 0 aliphatic carbocycles. The highest BCUT2D eigenvalue weighted by atomic mass is 16.6. The number of β-lactam (4-membered cyclic amide) rings is 1. The van der Waals surface area contributed by atoms with Crippen molar-refractivity contribution >= 4 is 17.8 Å². The van der Waals surface area contributed by atoms with Gasteiger partial charge in [-0.05, 0) is 42.7 Å². The number of hydrogen-bond donors (Lipinski definition) is 1. The van der Waals surface area contributed by atoms with Crippen molar-refractivity contribution in [2.75, 3.05) is 6.61 Å². The van der Waals surface area contributed by atoms with Crippen molar-refractivity contribution in [3.8, 4) is 17.2 Å². The Morgan fingerprint density at radius 3 is 1.70 bits per heavy atom. The van der Waals surface area contributed by atoms with Crippen LogP contribution in [-0.2, 0) is 38.9 Å². The number of rotatable bonds is 14. The fourth-order valence-electron chi connectivity index (χ4n) is 4.82. The van der Waals surface area contributed by atoms with Crippen LogP contribution in [0.5, 0.6) is 17.2 Å². The van der Waals surface area contributed by atoms with Crippen molar-refractivity contribution in [2.45, 2.75) is 39.8 Å². The second-order valence-electron chi connectivity index (χ2n) is 10.6. The van der Waals surface area contributed by atoms with Gasteiger partial charge in [-0.1, -0.05) is 91.0 Å². The van der Waals surface area contributed by atoms with Gasteiger partial charge in [-0.2, -0.15) is 0 Å². The summed E-state index contributed by atoms with van der Waals surface area (Å²) in [6.45, 7) is 4.12. The molecule has 1 heterocycles. The van der Waals surface area contributed by atoms with E-state index in [1.54, 1.807) is 26.0 Å². The topological polar surface area (TPSA) is 109 Å². The van der Waals surface area contributed by atoms with Crippen LogP contribution in [0, 0.1) is 5.92 Å². The first-order chi connectivity index (χ1) is 22.4. The maximum absolute atomic E-state index is 13.6. The van der Waals surface area contributed by atoms with Crippen LogP contribution < -0.4 is 19.5 Å². The summed E-state index contributed by atoms with van der Waals surface area (Å²) < 4.78 is 29.5. The van der Waals surface area contributed by atoms with Gasteiger partial charge in [0.05, 0.1) is 12.2 Å². The predicted molar refractivity (Wildman–Crippen MR) is 170 cm³/mol. The summed E-state index contributed by atoms with van der Waals surface area (Å²) in [7, 11) is 0. The average Bonchev–Trinajstić information content (AvgIpc) is 3.06. The molecule has 4 aromatic rings. The van der Waals surface area contributed by atoms with Crippen LogP contribution in [0.3, 0.4) is 0 Å². The van der Waals surface area contributed by atoms with Gasteiger partial charge < -0.3 is 29.0 Å². The molecule has 0 spiro atoms. The standard InChI is InChI=1S/C37H35NO8/c1-3-42-33(39)21-30-34(36(40)38-30)25(2)46-37(41)29-19-31(43-22-26-13-7-4-8-14-26)35(45-24-28-17-11-6-12-18-28)32(20-29)44-23-27-15-9-5-10-16-27/h4-21,25,34H,3,22-24H2,1-2H3,(H,38,40)/b30-21-/t25-,34-/m1/s1. The maximum atomic E-state index is 13.6. The van der Waals surface area contributed by atoms with Crippen LogP contribution in [0.25, 0.3) is 0 Å². The zero-order valence-corrected chi connectivity index (χ0v) is 25.6. The first-order valence-corrected chi connectivity index (χ1v) is 15.0. The van der Waals surface area contributed by atoms with E-state index in [-0.39, 0.29) is 49.4 Å².